The quantitative estimate of drug-likeness (QED) is 0.0346. The lowest BCUT2D eigenvalue weighted by Gasteiger charge is -2.34. The van der Waals surface area contributed by atoms with Gasteiger partial charge in [-0.1, -0.05) is 71.4 Å². The minimum Gasteiger partial charge on any atom is -0.496 e. The van der Waals surface area contributed by atoms with E-state index >= 15 is 0 Å². The number of carbonyl (C=O) groups is 3. The van der Waals surface area contributed by atoms with E-state index in [1.54, 1.807) is 30.5 Å². The Hall–Kier alpha value is -11.7. The molecule has 0 radical (unpaired) electrons. The lowest BCUT2D eigenvalue weighted by Crippen LogP contribution is -2.41. The van der Waals surface area contributed by atoms with E-state index in [0.717, 1.165) is 53.9 Å². The zero-order chi connectivity index (χ0) is 82.0. The van der Waals surface area contributed by atoms with E-state index < -0.39 is 59.4 Å². The fourth-order valence-electron chi connectivity index (χ4n) is 13.2. The number of aromatic nitrogens is 8. The molecule has 3 amide bonds. The van der Waals surface area contributed by atoms with Gasteiger partial charge < -0.3 is 40.4 Å². The van der Waals surface area contributed by atoms with E-state index in [1.807, 2.05) is 75.6 Å². The minimum atomic E-state index is -4.28. The number of piperidine rings is 1. The first-order chi connectivity index (χ1) is 53.4. The van der Waals surface area contributed by atoms with Gasteiger partial charge in [-0.25, -0.2) is 52.9 Å². The van der Waals surface area contributed by atoms with Crippen LogP contribution in [-0.4, -0.2) is 136 Å². The summed E-state index contributed by atoms with van der Waals surface area (Å²) in [6.07, 6.45) is 5.86. The van der Waals surface area contributed by atoms with Gasteiger partial charge in [-0.3, -0.25) is 19.5 Å². The number of hydrogen-bond donors (Lipinski definition) is 6. The molecule has 0 spiro atoms. The van der Waals surface area contributed by atoms with E-state index in [4.69, 9.17) is 35.6 Å². The normalized spacial score (nSPS) is 14.8. The van der Waals surface area contributed by atoms with Crippen LogP contribution in [0.25, 0.3) is 33.8 Å². The highest BCUT2D eigenvalue weighted by Gasteiger charge is 2.40. The average Bonchev–Trinajstić information content (AvgIpc) is 1.66. The van der Waals surface area contributed by atoms with E-state index in [0.29, 0.717) is 95.3 Å². The maximum absolute atomic E-state index is 14.5. The number of aromatic amines is 1. The molecule has 12 rings (SSSR count). The number of nitrogens with one attached hydrogen (secondary N) is 4. The molecule has 2 fully saturated rings. The summed E-state index contributed by atoms with van der Waals surface area (Å²) in [6, 6.07) is 34.9. The lowest BCUT2D eigenvalue weighted by atomic mass is 9.97. The van der Waals surface area contributed by atoms with E-state index in [2.05, 4.69) is 90.9 Å². The molecule has 113 heavy (non-hydrogen) atoms. The minimum absolute atomic E-state index is 0.0150. The van der Waals surface area contributed by atoms with Crippen LogP contribution in [0.5, 0.6) is 23.1 Å². The maximum atomic E-state index is 14.5. The Morgan fingerprint density at radius 2 is 1.24 bits per heavy atom. The van der Waals surface area contributed by atoms with E-state index in [9.17, 15) is 48.4 Å². The average molecular weight is 1600 g/mol. The second kappa shape index (κ2) is 35.3. The number of aryl methyl sites for hydroxylation is 3. The molecule has 2 saturated heterocycles. The fraction of sp³-hybridized carbons (Fsp3) is 0.325. The van der Waals surface area contributed by atoms with Crippen LogP contribution in [-0.2, 0) is 30.1 Å². The number of halogens is 2. The zero-order valence-corrected chi connectivity index (χ0v) is 67.4. The molecule has 3 aromatic carbocycles. The number of nitrogens with zero attached hydrogens (tertiary/aromatic N) is 10. The Bertz CT molecular complexity index is 5490. The molecule has 28 nitrogen and oxygen atoms in total. The topological polar surface area (TPSA) is 385 Å². The molecule has 0 aliphatic carbocycles. The molecule has 8 N–H and O–H groups in total. The number of pyridine rings is 6. The number of methoxy groups -OCH3 is 1. The smallest absolute Gasteiger partial charge is 0.281 e. The van der Waals surface area contributed by atoms with Crippen molar-refractivity contribution in [2.45, 2.75) is 116 Å². The number of nitrogen functional groups attached to an aromatic ring is 2. The molecule has 2 atom stereocenters. The predicted octanol–water partition coefficient (Wildman–Crippen LogP) is 12.7. The van der Waals surface area contributed by atoms with Crippen molar-refractivity contribution in [1.29, 1.82) is 0 Å². The molecule has 596 valence electrons. The van der Waals surface area contributed by atoms with Crippen LogP contribution in [0.1, 0.15) is 122 Å². The molecule has 10 aromatic rings. The van der Waals surface area contributed by atoms with Crippen LogP contribution in [0, 0.1) is 56.1 Å². The number of hydrogen-bond acceptors (Lipinski definition) is 24. The van der Waals surface area contributed by atoms with Crippen molar-refractivity contribution in [1.82, 2.24) is 54.3 Å². The number of carbonyl (C=O) groups excluding carboxylic acids is 3. The number of anilines is 5. The van der Waals surface area contributed by atoms with Crippen LogP contribution in [0.4, 0.5) is 37.9 Å². The second-order valence-electron chi connectivity index (χ2n) is 29.4. The summed E-state index contributed by atoms with van der Waals surface area (Å²) in [6.45, 7) is 25.7. The number of rotatable bonds is 23. The maximum Gasteiger partial charge on any atom is 0.281 e. The highest BCUT2D eigenvalue weighted by Crippen LogP contribution is 2.40. The van der Waals surface area contributed by atoms with Gasteiger partial charge >= 0.3 is 0 Å². The molecular weight excluding hydrogens is 1510 g/mol. The number of ether oxygens (including phenoxy) is 3. The van der Waals surface area contributed by atoms with E-state index in [1.165, 1.54) is 104 Å². The van der Waals surface area contributed by atoms with Crippen molar-refractivity contribution >= 4 is 76.9 Å². The third-order valence-electron chi connectivity index (χ3n) is 18.2. The summed E-state index contributed by atoms with van der Waals surface area (Å²) in [7, 11) is -9.33. The Balaban J connectivity index is 0.000000180. The number of benzene rings is 3. The molecule has 0 saturated carbocycles. The standard InChI is InChI=1S/C28H37N7O3S.C27H32FN5O4S.C25H23FN4O5S/c1-18(2)16-34(6)24-13-10-20(15-30-24)22-12-11-21(26(31-22)35-17-19(3)14-28(35,4)5)27(36)33-39(37,38)25-9-7-8-23(29)32-25;1-17(2)16-37-21-13-19(12-20(28)14-21)23-10-9-22(26(30-23)33-11-5-6-18(3)15-33)27(34)32-38(35,36)25-8-4-7-24(29)31-25;1-14-11-15(2)23(16(3)12-14)35-25-19(24(31)30-36(32,33)22-9-10-27-29-22)7-8-20(28-25)18-6-5-17(26)13-21(18)34-4/h7-13,15,18-19H,14,16-17H2,1-6H3,(H2,29,32)(H,33,36);4,7-10,12-14,17-18H,5-6,11,15-16H2,1-3H3,(H2,29,31)(H,32,34);5-13H,1-4H3,(H,27,29)(H,30,31)/t;18-;/m.1./s1. The first-order valence-electron chi connectivity index (χ1n) is 36.3. The van der Waals surface area contributed by atoms with Crippen molar-refractivity contribution in [3.05, 3.63) is 197 Å². The number of amides is 3. The van der Waals surface area contributed by atoms with Gasteiger partial charge in [-0.2, -0.15) is 30.4 Å². The van der Waals surface area contributed by atoms with Crippen LogP contribution in [0.3, 0.4) is 0 Å². The lowest BCUT2D eigenvalue weighted by molar-refractivity contribution is 0.0970. The summed E-state index contributed by atoms with van der Waals surface area (Å²) in [5, 5.41) is 4.95. The van der Waals surface area contributed by atoms with Crippen molar-refractivity contribution in [2.24, 2.45) is 23.7 Å². The van der Waals surface area contributed by atoms with Gasteiger partial charge in [0, 0.05) is 73.8 Å². The summed E-state index contributed by atoms with van der Waals surface area (Å²) in [4.78, 5) is 72.3. The van der Waals surface area contributed by atoms with Crippen LogP contribution in [0.15, 0.2) is 167 Å². The monoisotopic (exact) mass is 1600 g/mol. The van der Waals surface area contributed by atoms with Gasteiger partial charge in [0.15, 0.2) is 15.1 Å². The van der Waals surface area contributed by atoms with Gasteiger partial charge in [0.2, 0.25) is 5.88 Å². The highest BCUT2D eigenvalue weighted by molar-refractivity contribution is 7.90. The largest absolute Gasteiger partial charge is 0.496 e. The Kier molecular flexibility index (Phi) is 26.2. The molecule has 2 aliphatic rings. The molecule has 0 bridgehead atoms. The molecule has 9 heterocycles. The number of nitrogens with two attached hydrogens (primary N) is 2. The van der Waals surface area contributed by atoms with Crippen LogP contribution in [0.2, 0.25) is 0 Å². The highest BCUT2D eigenvalue weighted by atomic mass is 32.2. The van der Waals surface area contributed by atoms with Gasteiger partial charge in [0.05, 0.1) is 48.1 Å². The Labute approximate surface area is 656 Å². The molecule has 2 aliphatic heterocycles. The van der Waals surface area contributed by atoms with Gasteiger partial charge in [0.25, 0.3) is 47.8 Å². The van der Waals surface area contributed by atoms with Gasteiger partial charge in [-0.15, -0.1) is 0 Å². The SMILES string of the molecule is CC(C)CN(C)c1ccc(-c2ccc(C(=O)NS(=O)(=O)c3cccc(N)n3)c(N3CC(C)CC3(C)C)n2)cn1.CC(C)COc1cc(F)cc(-c2ccc(C(=O)NS(=O)(=O)c3cccc(N)n3)c(N3CCC[C@@H](C)C3)n2)c1.COc1cc(F)ccc1-c1ccc(C(=O)NS(=O)(=O)c2ccn[nH]2)c(Oc2c(C)cc(C)cc2C)n1. The summed E-state index contributed by atoms with van der Waals surface area (Å²) < 4.78 is 128. The Morgan fingerprint density at radius 1 is 0.646 bits per heavy atom. The summed E-state index contributed by atoms with van der Waals surface area (Å²) >= 11 is 0. The molecule has 1 unspecified atom stereocenters. The molecule has 33 heteroatoms. The van der Waals surface area contributed by atoms with Crippen molar-refractivity contribution in [3.63, 3.8) is 0 Å². The first kappa shape index (κ1) is 83.8. The summed E-state index contributed by atoms with van der Waals surface area (Å²) in [5.74, 6) is 0.586. The fourth-order valence-corrected chi connectivity index (χ4v) is 16.0. The van der Waals surface area contributed by atoms with Crippen molar-refractivity contribution in [3.8, 4) is 56.9 Å². The van der Waals surface area contributed by atoms with Gasteiger partial charge in [0.1, 0.15) is 63.5 Å². The van der Waals surface area contributed by atoms with Crippen molar-refractivity contribution in [2.75, 3.05) is 73.1 Å². The Morgan fingerprint density at radius 3 is 1.80 bits per heavy atom. The third kappa shape index (κ3) is 21.1. The van der Waals surface area contributed by atoms with E-state index in [-0.39, 0.29) is 66.5 Å². The van der Waals surface area contributed by atoms with Gasteiger partial charge in [-0.05, 0) is 192 Å². The summed E-state index contributed by atoms with van der Waals surface area (Å²) in [5.41, 5.74) is 16.9. The number of sulfonamides is 3. The first-order valence-corrected chi connectivity index (χ1v) is 40.7. The third-order valence-corrected chi connectivity index (χ3v) is 21.9. The second-order valence-corrected chi connectivity index (χ2v) is 34.3. The number of H-pyrrole nitrogens is 1. The van der Waals surface area contributed by atoms with Crippen LogP contribution < -0.4 is 54.5 Å². The molecular formula is C80H92F2N16O12S3. The predicted molar refractivity (Wildman–Crippen MR) is 428 cm³/mol. The molecule has 7 aromatic heterocycles. The zero-order valence-electron chi connectivity index (χ0n) is 64.9. The van der Waals surface area contributed by atoms with Crippen molar-refractivity contribution < 1.29 is 62.6 Å². The van der Waals surface area contributed by atoms with Crippen LogP contribution >= 0.6 is 0 Å².